The summed E-state index contributed by atoms with van der Waals surface area (Å²) < 4.78 is 13.1. The first-order valence-corrected chi connectivity index (χ1v) is 13.5. The van der Waals surface area contributed by atoms with Gasteiger partial charge >= 0.3 is 195 Å². The summed E-state index contributed by atoms with van der Waals surface area (Å²) in [6.45, 7) is 4.04. The van der Waals surface area contributed by atoms with Crippen LogP contribution in [0.4, 0.5) is 0 Å². The Balaban J connectivity index is 1.44. The number of aryl methyl sites for hydroxylation is 2. The fourth-order valence-electron chi connectivity index (χ4n) is 4.78. The van der Waals surface area contributed by atoms with Gasteiger partial charge in [-0.1, -0.05) is 0 Å². The molecule has 0 saturated heterocycles. The molecule has 3 heteroatoms. The minimum atomic E-state index is -1.04. The molecule has 150 valence electrons. The van der Waals surface area contributed by atoms with Crippen molar-refractivity contribution in [2.45, 2.75) is 21.1 Å². The van der Waals surface area contributed by atoms with Crippen LogP contribution in [0.15, 0.2) is 81.6 Å². The number of rotatable bonds is 4. The number of fused-ring (bicyclic) bond motifs is 2. The molecule has 0 amide bonds. The van der Waals surface area contributed by atoms with Crippen molar-refractivity contribution in [3.05, 3.63) is 118 Å². The number of hydrogen-bond acceptors (Lipinski definition) is 2. The van der Waals surface area contributed by atoms with E-state index < -0.39 is 23.2 Å². The van der Waals surface area contributed by atoms with E-state index in [1.807, 2.05) is 13.8 Å². The molecular weight excluding hydrogens is 460 g/mol. The van der Waals surface area contributed by atoms with E-state index in [1.54, 1.807) is 0 Å². The third kappa shape index (κ3) is 3.27. The number of benzene rings is 2. The van der Waals surface area contributed by atoms with E-state index in [1.165, 1.54) is 33.4 Å². The molecule has 2 aliphatic rings. The molecule has 6 rings (SSSR count). The van der Waals surface area contributed by atoms with Gasteiger partial charge in [-0.15, -0.1) is 0 Å². The molecule has 2 nitrogen and oxygen atoms in total. The zero-order valence-corrected chi connectivity index (χ0v) is 20.0. The van der Waals surface area contributed by atoms with Crippen LogP contribution in [0.5, 0.6) is 0 Å². The van der Waals surface area contributed by atoms with Crippen molar-refractivity contribution in [3.63, 3.8) is 0 Å². The van der Waals surface area contributed by atoms with Gasteiger partial charge in [-0.3, -0.25) is 0 Å². The molecule has 0 fully saturated rings. The summed E-state index contributed by atoms with van der Waals surface area (Å²) >= 11 is -1.04. The predicted octanol–water partition coefficient (Wildman–Crippen LogP) is 7.46. The summed E-state index contributed by atoms with van der Waals surface area (Å²) in [5.74, 6) is 3.97. The zero-order valence-electron chi connectivity index (χ0n) is 17.6. The molecule has 0 N–H and O–H groups in total. The van der Waals surface area contributed by atoms with Crippen molar-refractivity contribution in [1.29, 1.82) is 0 Å². The number of hydrogen-bond donors (Lipinski definition) is 0. The molecule has 0 aliphatic heterocycles. The van der Waals surface area contributed by atoms with E-state index in [9.17, 15) is 0 Å². The summed E-state index contributed by atoms with van der Waals surface area (Å²) in [6.07, 6.45) is 4.70. The monoisotopic (exact) mass is 480 g/mol. The van der Waals surface area contributed by atoms with Crippen LogP contribution in [0.1, 0.15) is 52.5 Å². The van der Waals surface area contributed by atoms with Gasteiger partial charge in [0.05, 0.1) is 0 Å². The Morgan fingerprint density at radius 2 is 1.03 bits per heavy atom. The first kappa shape index (κ1) is 19.1. The Morgan fingerprint density at radius 1 is 0.581 bits per heavy atom. The van der Waals surface area contributed by atoms with Gasteiger partial charge in [0.15, 0.2) is 0 Å². The van der Waals surface area contributed by atoms with Gasteiger partial charge in [-0.25, -0.2) is 0 Å². The molecule has 2 atom stereocenters. The molecule has 0 spiro atoms. The normalized spacial score (nSPS) is 19.0. The Morgan fingerprint density at radius 3 is 1.45 bits per heavy atom. The quantitative estimate of drug-likeness (QED) is 0.302. The minimum absolute atomic E-state index is 0.445. The summed E-state index contributed by atoms with van der Waals surface area (Å²) in [6, 6.07) is 26.1. The number of furan rings is 2. The van der Waals surface area contributed by atoms with Crippen LogP contribution < -0.4 is 0 Å². The molecule has 31 heavy (non-hydrogen) atoms. The summed E-state index contributed by atoms with van der Waals surface area (Å²) in [5, 5.41) is 0. The number of allylic oxidation sites excluding steroid dienone is 2. The van der Waals surface area contributed by atoms with Gasteiger partial charge in [0.1, 0.15) is 0 Å². The molecular formula is C28H22O2Zr. The van der Waals surface area contributed by atoms with E-state index in [-0.39, 0.29) is 0 Å². The first-order chi connectivity index (χ1) is 15.2. The van der Waals surface area contributed by atoms with E-state index in [0.717, 1.165) is 23.0 Å². The van der Waals surface area contributed by atoms with Crippen molar-refractivity contribution >= 4 is 23.3 Å². The second kappa shape index (κ2) is 7.50. The first-order valence-electron chi connectivity index (χ1n) is 10.7. The summed E-state index contributed by atoms with van der Waals surface area (Å²) in [5.41, 5.74) is 8.28. The van der Waals surface area contributed by atoms with Crippen LogP contribution in [0.3, 0.4) is 0 Å². The second-order valence-electron chi connectivity index (χ2n) is 8.31. The predicted molar refractivity (Wildman–Crippen MR) is 121 cm³/mol. The van der Waals surface area contributed by atoms with Crippen molar-refractivity contribution in [3.8, 4) is 0 Å². The van der Waals surface area contributed by atoms with E-state index in [2.05, 4.69) is 84.9 Å². The summed E-state index contributed by atoms with van der Waals surface area (Å²) in [7, 11) is 0. The Labute approximate surface area is 193 Å². The van der Waals surface area contributed by atoms with Crippen molar-refractivity contribution in [2.24, 2.45) is 0 Å². The molecule has 0 bridgehead atoms. The van der Waals surface area contributed by atoms with Crippen molar-refractivity contribution in [1.82, 2.24) is 0 Å². The maximum atomic E-state index is 6.10. The van der Waals surface area contributed by atoms with Crippen LogP contribution in [0, 0.1) is 13.8 Å². The molecule has 2 heterocycles. The van der Waals surface area contributed by atoms with Crippen LogP contribution in [-0.4, -0.2) is 0 Å². The molecule has 2 aliphatic carbocycles. The standard InChI is InChI=1S/2C14H11O.Zr/c2*1-10-6-7-14(15-10)13-8-11-4-2-3-5-12(11)9-13;/h2*2-9H,1H3;. The average molecular weight is 482 g/mol. The third-order valence-electron chi connectivity index (χ3n) is 6.24. The van der Waals surface area contributed by atoms with Crippen LogP contribution in [-0.2, 0) is 23.2 Å². The summed E-state index contributed by atoms with van der Waals surface area (Å²) in [4.78, 5) is 0. The third-order valence-corrected chi connectivity index (χ3v) is 10.9. The van der Waals surface area contributed by atoms with Crippen LogP contribution >= 0.6 is 0 Å². The zero-order chi connectivity index (χ0) is 20.9. The van der Waals surface area contributed by atoms with Crippen LogP contribution in [0.2, 0.25) is 0 Å². The van der Waals surface area contributed by atoms with Crippen molar-refractivity contribution in [2.75, 3.05) is 0 Å². The van der Waals surface area contributed by atoms with Gasteiger partial charge in [0.2, 0.25) is 0 Å². The average Bonchev–Trinajstić information content (AvgIpc) is 3.54. The fourth-order valence-corrected chi connectivity index (χ4v) is 9.77. The Bertz CT molecular complexity index is 1250. The SMILES string of the molecule is Cc1ccc(C2=Cc3ccccc3[CH]2[Zr][CH]2C(c3ccc(C)o3)=Cc3ccccc32)o1. The van der Waals surface area contributed by atoms with Crippen LogP contribution in [0.25, 0.3) is 23.3 Å². The topological polar surface area (TPSA) is 26.3 Å². The molecule has 0 saturated carbocycles. The molecule has 2 aromatic carbocycles. The second-order valence-corrected chi connectivity index (χ2v) is 12.0. The van der Waals surface area contributed by atoms with E-state index >= 15 is 0 Å². The van der Waals surface area contributed by atoms with E-state index in [4.69, 9.17) is 8.83 Å². The van der Waals surface area contributed by atoms with Gasteiger partial charge < -0.3 is 0 Å². The Kier molecular flexibility index (Phi) is 4.61. The molecule has 2 aromatic heterocycles. The van der Waals surface area contributed by atoms with Gasteiger partial charge in [0.25, 0.3) is 0 Å². The van der Waals surface area contributed by atoms with Crippen molar-refractivity contribution < 1.29 is 32.1 Å². The van der Waals surface area contributed by atoms with Gasteiger partial charge in [-0.05, 0) is 0 Å². The van der Waals surface area contributed by atoms with Gasteiger partial charge in [0, 0.05) is 0 Å². The molecule has 4 aromatic rings. The molecule has 0 radical (unpaired) electrons. The van der Waals surface area contributed by atoms with E-state index in [0.29, 0.717) is 7.25 Å². The van der Waals surface area contributed by atoms with Gasteiger partial charge in [-0.2, -0.15) is 0 Å². The molecule has 2 unspecified atom stereocenters. The Hall–Kier alpha value is -2.64. The fraction of sp³-hybridized carbons (Fsp3) is 0.143. The maximum absolute atomic E-state index is 6.10.